The Labute approximate surface area is 169 Å². The molecule has 2 aliphatic rings. The lowest BCUT2D eigenvalue weighted by molar-refractivity contribution is -0.384. The number of hydrogen-bond donors (Lipinski definition) is 0. The van der Waals surface area contributed by atoms with Crippen LogP contribution in [0.2, 0.25) is 0 Å². The van der Waals surface area contributed by atoms with Gasteiger partial charge in [0.05, 0.1) is 16.3 Å². The molecule has 0 N–H and O–H groups in total. The van der Waals surface area contributed by atoms with Gasteiger partial charge in [0.25, 0.3) is 5.69 Å². The van der Waals surface area contributed by atoms with E-state index >= 15 is 0 Å². The molecule has 0 spiro atoms. The summed E-state index contributed by atoms with van der Waals surface area (Å²) in [4.78, 5) is 41.7. The number of nitro benzene ring substituents is 1. The van der Waals surface area contributed by atoms with Gasteiger partial charge < -0.3 is 0 Å². The lowest BCUT2D eigenvalue weighted by Gasteiger charge is -2.35. The summed E-state index contributed by atoms with van der Waals surface area (Å²) < 4.78 is 0. The first kappa shape index (κ1) is 19.4. The fraction of sp³-hybridized carbons (Fsp3) is 0.435. The zero-order chi connectivity index (χ0) is 21.1. The number of fused-ring (bicyclic) bond motifs is 2. The smallest absolute Gasteiger partial charge is 0.269 e. The Kier molecular flexibility index (Phi) is 4.22. The first-order valence-corrected chi connectivity index (χ1v) is 9.84. The molecule has 6 nitrogen and oxygen atoms in total. The van der Waals surface area contributed by atoms with Gasteiger partial charge in [-0.1, -0.05) is 27.7 Å². The van der Waals surface area contributed by atoms with Crippen LogP contribution in [-0.2, 0) is 12.8 Å². The van der Waals surface area contributed by atoms with Crippen LogP contribution in [-0.4, -0.2) is 21.5 Å². The fourth-order valence-corrected chi connectivity index (χ4v) is 4.66. The van der Waals surface area contributed by atoms with Gasteiger partial charge in [0.2, 0.25) is 0 Å². The van der Waals surface area contributed by atoms with E-state index < -0.39 is 4.92 Å². The van der Waals surface area contributed by atoms with Crippen LogP contribution >= 0.6 is 0 Å². The molecule has 0 amide bonds. The Morgan fingerprint density at radius 2 is 1.24 bits per heavy atom. The number of nitro groups is 1. The van der Waals surface area contributed by atoms with E-state index in [9.17, 15) is 19.7 Å². The van der Waals surface area contributed by atoms with E-state index in [-0.39, 0.29) is 28.1 Å². The van der Waals surface area contributed by atoms with Crippen LogP contribution in [0.15, 0.2) is 24.3 Å². The van der Waals surface area contributed by atoms with Gasteiger partial charge in [0.1, 0.15) is 0 Å². The molecule has 6 heteroatoms. The van der Waals surface area contributed by atoms with Gasteiger partial charge in [-0.2, -0.15) is 0 Å². The Balaban J connectivity index is 2.01. The highest BCUT2D eigenvalue weighted by molar-refractivity contribution is 6.12. The van der Waals surface area contributed by atoms with Gasteiger partial charge in [-0.05, 0) is 41.4 Å². The highest BCUT2D eigenvalue weighted by atomic mass is 16.6. The largest absolute Gasteiger partial charge is 0.294 e. The molecule has 1 heterocycles. The predicted octanol–water partition coefficient (Wildman–Crippen LogP) is 4.97. The number of nitrogens with zero attached hydrogens (tertiary/aromatic N) is 2. The Morgan fingerprint density at radius 1 is 0.793 bits per heavy atom. The zero-order valence-electron chi connectivity index (χ0n) is 17.2. The molecule has 0 unspecified atom stereocenters. The molecule has 1 aromatic heterocycles. The van der Waals surface area contributed by atoms with E-state index in [2.05, 4.69) is 27.7 Å². The van der Waals surface area contributed by atoms with Crippen LogP contribution in [0.4, 0.5) is 5.69 Å². The van der Waals surface area contributed by atoms with Crippen molar-refractivity contribution in [3.63, 3.8) is 0 Å². The van der Waals surface area contributed by atoms with Crippen molar-refractivity contribution in [3.8, 4) is 11.1 Å². The standard InChI is InChI=1S/C23H24N2O4/c1-22(2)9-15-20(17(26)11-22)19(13-5-7-14(8-6-13)25(28)29)21-16(24-15)10-23(3,4)12-18(21)27/h5-8H,9-12H2,1-4H3. The minimum absolute atomic E-state index is 0.0162. The first-order chi connectivity index (χ1) is 13.5. The lowest BCUT2D eigenvalue weighted by atomic mass is 9.69. The number of aromatic nitrogens is 1. The number of carbonyl (C=O) groups excluding carboxylic acids is 2. The summed E-state index contributed by atoms with van der Waals surface area (Å²) in [5.41, 5.74) is 3.39. The second-order valence-corrected chi connectivity index (χ2v) is 9.82. The molecule has 0 saturated heterocycles. The number of hydrogen-bond acceptors (Lipinski definition) is 5. The van der Waals surface area contributed by atoms with Crippen LogP contribution < -0.4 is 0 Å². The van der Waals surface area contributed by atoms with Crippen LogP contribution in [0.25, 0.3) is 11.1 Å². The highest BCUT2D eigenvalue weighted by Crippen LogP contribution is 2.44. The Bertz CT molecular complexity index is 1010. The molecule has 0 radical (unpaired) electrons. The van der Waals surface area contributed by atoms with Crippen LogP contribution in [0.3, 0.4) is 0 Å². The number of Topliss-reactive ketones (excluding diaryl/α,β-unsaturated/α-hetero) is 2. The third kappa shape index (κ3) is 3.37. The summed E-state index contributed by atoms with van der Waals surface area (Å²) in [5, 5.41) is 11.0. The van der Waals surface area contributed by atoms with Crippen molar-refractivity contribution in [1.29, 1.82) is 0 Å². The summed E-state index contributed by atoms with van der Waals surface area (Å²) in [7, 11) is 0. The molecule has 29 heavy (non-hydrogen) atoms. The maximum Gasteiger partial charge on any atom is 0.269 e. The van der Waals surface area contributed by atoms with Gasteiger partial charge in [-0.15, -0.1) is 0 Å². The van der Waals surface area contributed by atoms with Gasteiger partial charge in [-0.3, -0.25) is 24.7 Å². The van der Waals surface area contributed by atoms with E-state index in [0.29, 0.717) is 47.9 Å². The van der Waals surface area contributed by atoms with Crippen molar-refractivity contribution >= 4 is 17.3 Å². The van der Waals surface area contributed by atoms with Crippen molar-refractivity contribution in [2.45, 2.75) is 53.4 Å². The molecule has 0 atom stereocenters. The minimum atomic E-state index is -0.456. The topological polar surface area (TPSA) is 90.2 Å². The molecular weight excluding hydrogens is 368 g/mol. The average molecular weight is 392 g/mol. The monoisotopic (exact) mass is 392 g/mol. The van der Waals surface area contributed by atoms with Crippen LogP contribution in [0.1, 0.15) is 72.6 Å². The molecule has 150 valence electrons. The molecule has 0 bridgehead atoms. The maximum absolute atomic E-state index is 13.1. The van der Waals surface area contributed by atoms with Crippen molar-refractivity contribution in [2.75, 3.05) is 0 Å². The molecule has 0 aliphatic heterocycles. The Hall–Kier alpha value is -2.89. The number of rotatable bonds is 2. The second kappa shape index (κ2) is 6.31. The second-order valence-electron chi connectivity index (χ2n) is 9.82. The summed E-state index contributed by atoms with van der Waals surface area (Å²) in [6, 6.07) is 6.11. The maximum atomic E-state index is 13.1. The lowest BCUT2D eigenvalue weighted by Crippen LogP contribution is -2.33. The van der Waals surface area contributed by atoms with Crippen molar-refractivity contribution in [1.82, 2.24) is 4.98 Å². The molecule has 0 fully saturated rings. The van der Waals surface area contributed by atoms with Gasteiger partial charge in [0.15, 0.2) is 11.6 Å². The highest BCUT2D eigenvalue weighted by Gasteiger charge is 2.40. The van der Waals surface area contributed by atoms with Crippen molar-refractivity contribution < 1.29 is 14.5 Å². The molecule has 2 aromatic rings. The quantitative estimate of drug-likeness (QED) is 0.532. The van der Waals surface area contributed by atoms with Crippen molar-refractivity contribution in [2.24, 2.45) is 10.8 Å². The number of non-ortho nitro benzene ring substituents is 1. The molecule has 4 rings (SSSR count). The number of pyridine rings is 1. The first-order valence-electron chi connectivity index (χ1n) is 9.84. The fourth-order valence-electron chi connectivity index (χ4n) is 4.66. The molecule has 2 aliphatic carbocycles. The SMILES string of the molecule is CC1(C)CC(=O)c2c(nc3c(c2-c2ccc([N+](=O)[O-])cc2)C(=O)CC(C)(C)C3)C1. The number of carbonyl (C=O) groups is 2. The number of ketones is 2. The third-order valence-corrected chi connectivity index (χ3v) is 5.84. The summed E-state index contributed by atoms with van der Waals surface area (Å²) in [6.45, 7) is 8.20. The van der Waals surface area contributed by atoms with Gasteiger partial charge in [-0.25, -0.2) is 0 Å². The van der Waals surface area contributed by atoms with Crippen LogP contribution in [0.5, 0.6) is 0 Å². The predicted molar refractivity (Wildman–Crippen MR) is 109 cm³/mol. The third-order valence-electron chi connectivity index (χ3n) is 5.84. The molecule has 1 aromatic carbocycles. The summed E-state index contributed by atoms with van der Waals surface area (Å²) in [6.07, 6.45) is 2.10. The minimum Gasteiger partial charge on any atom is -0.294 e. The van der Waals surface area contributed by atoms with Gasteiger partial charge in [0, 0.05) is 41.7 Å². The van der Waals surface area contributed by atoms with E-state index in [1.54, 1.807) is 12.1 Å². The van der Waals surface area contributed by atoms with E-state index in [1.165, 1.54) is 12.1 Å². The normalized spacial score (nSPS) is 19.4. The summed E-state index contributed by atoms with van der Waals surface area (Å²) in [5.74, 6) is -0.0323. The molecular formula is C23H24N2O4. The number of benzene rings is 1. The van der Waals surface area contributed by atoms with E-state index in [4.69, 9.17) is 4.98 Å². The Morgan fingerprint density at radius 3 is 1.66 bits per heavy atom. The van der Waals surface area contributed by atoms with Crippen molar-refractivity contribution in [3.05, 3.63) is 56.9 Å². The van der Waals surface area contributed by atoms with E-state index in [0.717, 1.165) is 11.4 Å². The summed E-state index contributed by atoms with van der Waals surface area (Å²) >= 11 is 0. The average Bonchev–Trinajstić information content (AvgIpc) is 2.57. The van der Waals surface area contributed by atoms with Gasteiger partial charge >= 0.3 is 0 Å². The van der Waals surface area contributed by atoms with E-state index in [1.807, 2.05) is 0 Å². The zero-order valence-corrected chi connectivity index (χ0v) is 17.2. The van der Waals surface area contributed by atoms with Crippen LogP contribution in [0, 0.1) is 20.9 Å². The molecule has 0 saturated carbocycles.